The number of hydrogen-bond acceptors (Lipinski definition) is 4. The number of benzene rings is 3. The van der Waals surface area contributed by atoms with Crippen LogP contribution < -0.4 is 9.62 Å². The number of carbonyl (C=O) groups excluding carboxylic acids is 2. The minimum Gasteiger partial charge on any atom is -0.357 e. The van der Waals surface area contributed by atoms with Gasteiger partial charge >= 0.3 is 0 Å². The summed E-state index contributed by atoms with van der Waals surface area (Å²) in [4.78, 5) is 28.4. The van der Waals surface area contributed by atoms with Gasteiger partial charge in [-0.25, -0.2) is 8.42 Å². The molecule has 8 heteroatoms. The summed E-state index contributed by atoms with van der Waals surface area (Å²) in [5.41, 5.74) is 3.93. The van der Waals surface area contributed by atoms with Gasteiger partial charge in [0, 0.05) is 20.0 Å². The SMILES string of the molecule is CNC(=O)[C@@H](Cc1ccccc1)N(Cc1ccccc1)C(=O)CN(c1cc(C)cc(C)c1)S(C)(=O)=O. The first-order chi connectivity index (χ1) is 17.1. The summed E-state index contributed by atoms with van der Waals surface area (Å²) < 4.78 is 26.7. The normalized spacial score (nSPS) is 12.0. The Balaban J connectivity index is 2.02. The highest BCUT2D eigenvalue weighted by Crippen LogP contribution is 2.23. The van der Waals surface area contributed by atoms with Gasteiger partial charge in [0.05, 0.1) is 11.9 Å². The number of carbonyl (C=O) groups is 2. The van der Waals surface area contributed by atoms with Crippen molar-refractivity contribution in [2.75, 3.05) is 24.2 Å². The molecule has 0 saturated carbocycles. The average Bonchev–Trinajstić information content (AvgIpc) is 2.84. The zero-order chi connectivity index (χ0) is 26.3. The third-order valence-corrected chi connectivity index (χ3v) is 7.03. The van der Waals surface area contributed by atoms with Crippen LogP contribution in [0.5, 0.6) is 0 Å². The van der Waals surface area contributed by atoms with Gasteiger partial charge in [0.15, 0.2) is 0 Å². The van der Waals surface area contributed by atoms with E-state index in [1.54, 1.807) is 12.1 Å². The molecule has 0 radical (unpaired) electrons. The summed E-state index contributed by atoms with van der Waals surface area (Å²) in [5.74, 6) is -0.784. The Kier molecular flexibility index (Phi) is 8.88. The third kappa shape index (κ3) is 7.18. The molecule has 0 aliphatic carbocycles. The largest absolute Gasteiger partial charge is 0.357 e. The minimum absolute atomic E-state index is 0.162. The van der Waals surface area contributed by atoms with E-state index in [9.17, 15) is 18.0 Å². The Morgan fingerprint density at radius 3 is 1.89 bits per heavy atom. The van der Waals surface area contributed by atoms with E-state index in [1.807, 2.05) is 80.6 Å². The van der Waals surface area contributed by atoms with Crippen molar-refractivity contribution >= 4 is 27.5 Å². The second-order valence-corrected chi connectivity index (χ2v) is 10.8. The van der Waals surface area contributed by atoms with Crippen LogP contribution in [0.4, 0.5) is 5.69 Å². The zero-order valence-electron chi connectivity index (χ0n) is 21.1. The van der Waals surface area contributed by atoms with Crippen LogP contribution in [0.1, 0.15) is 22.3 Å². The van der Waals surface area contributed by atoms with Gasteiger partial charge < -0.3 is 10.2 Å². The summed E-state index contributed by atoms with van der Waals surface area (Å²) in [6.07, 6.45) is 1.38. The second-order valence-electron chi connectivity index (χ2n) is 8.94. The Hall–Kier alpha value is -3.65. The Morgan fingerprint density at radius 1 is 0.861 bits per heavy atom. The number of aryl methyl sites for hydroxylation is 2. The van der Waals surface area contributed by atoms with Crippen LogP contribution in [0.25, 0.3) is 0 Å². The first-order valence-electron chi connectivity index (χ1n) is 11.7. The van der Waals surface area contributed by atoms with Crippen molar-refractivity contribution in [3.63, 3.8) is 0 Å². The molecule has 1 atom stereocenters. The Bertz CT molecular complexity index is 1270. The average molecular weight is 508 g/mol. The van der Waals surface area contributed by atoms with Gasteiger partial charge in [-0.1, -0.05) is 66.7 Å². The number of anilines is 1. The Labute approximate surface area is 213 Å². The molecule has 3 aromatic carbocycles. The van der Waals surface area contributed by atoms with Crippen molar-refractivity contribution in [1.29, 1.82) is 0 Å². The van der Waals surface area contributed by atoms with E-state index in [0.29, 0.717) is 12.1 Å². The molecule has 0 spiro atoms. The van der Waals surface area contributed by atoms with Crippen molar-refractivity contribution in [3.8, 4) is 0 Å². The summed E-state index contributed by atoms with van der Waals surface area (Å²) in [6, 6.07) is 23.4. The van der Waals surface area contributed by atoms with E-state index in [1.165, 1.54) is 11.9 Å². The molecule has 2 amide bonds. The van der Waals surface area contributed by atoms with Crippen LogP contribution in [0.2, 0.25) is 0 Å². The number of nitrogens with one attached hydrogen (secondary N) is 1. The first-order valence-corrected chi connectivity index (χ1v) is 13.6. The van der Waals surface area contributed by atoms with E-state index in [4.69, 9.17) is 0 Å². The standard InChI is InChI=1S/C28H33N3O4S/c1-21-15-22(2)17-25(16-21)31(36(4,34)35)20-27(32)30(19-24-13-9-6-10-14-24)26(28(33)29-3)18-23-11-7-5-8-12-23/h5-17,26H,18-20H2,1-4H3,(H,29,33)/t26-/m1/s1. The number of likely N-dealkylation sites (N-methyl/N-ethyl adjacent to an activating group) is 1. The summed E-state index contributed by atoms with van der Waals surface area (Å²) in [6.45, 7) is 3.50. The molecular weight excluding hydrogens is 474 g/mol. The number of hydrogen-bond donors (Lipinski definition) is 1. The number of rotatable bonds is 10. The lowest BCUT2D eigenvalue weighted by atomic mass is 10.0. The van der Waals surface area contributed by atoms with Gasteiger partial charge in [-0.15, -0.1) is 0 Å². The van der Waals surface area contributed by atoms with Crippen LogP contribution in [-0.2, 0) is 32.6 Å². The van der Waals surface area contributed by atoms with E-state index >= 15 is 0 Å². The van der Waals surface area contributed by atoms with Crippen LogP contribution in [0, 0.1) is 13.8 Å². The second kappa shape index (κ2) is 11.9. The van der Waals surface area contributed by atoms with Crippen molar-refractivity contribution in [2.45, 2.75) is 32.9 Å². The smallest absolute Gasteiger partial charge is 0.244 e. The maximum Gasteiger partial charge on any atom is 0.244 e. The fourth-order valence-electron chi connectivity index (χ4n) is 4.21. The molecule has 0 saturated heterocycles. The molecule has 3 aromatic rings. The molecule has 190 valence electrons. The van der Waals surface area contributed by atoms with E-state index in [0.717, 1.165) is 32.8 Å². The fraction of sp³-hybridized carbons (Fsp3) is 0.286. The summed E-state index contributed by atoms with van der Waals surface area (Å²) in [7, 11) is -2.25. The number of nitrogens with zero attached hydrogens (tertiary/aromatic N) is 2. The first kappa shape index (κ1) is 26.9. The van der Waals surface area contributed by atoms with Gasteiger partial charge in [-0.05, 0) is 48.2 Å². The molecule has 0 unspecified atom stereocenters. The van der Waals surface area contributed by atoms with E-state index < -0.39 is 28.5 Å². The van der Waals surface area contributed by atoms with Crippen LogP contribution in [0.15, 0.2) is 78.9 Å². The quantitative estimate of drug-likeness (QED) is 0.455. The monoisotopic (exact) mass is 507 g/mol. The van der Waals surface area contributed by atoms with Crippen molar-refractivity contribution in [1.82, 2.24) is 10.2 Å². The van der Waals surface area contributed by atoms with Gasteiger partial charge in [0.2, 0.25) is 21.8 Å². The lowest BCUT2D eigenvalue weighted by Crippen LogP contribution is -2.52. The Morgan fingerprint density at radius 2 is 1.39 bits per heavy atom. The molecule has 3 rings (SSSR count). The van der Waals surface area contributed by atoms with Crippen LogP contribution in [-0.4, -0.2) is 51.0 Å². The molecule has 0 aromatic heterocycles. The molecule has 0 heterocycles. The van der Waals surface area contributed by atoms with Crippen molar-refractivity contribution in [3.05, 3.63) is 101 Å². The molecule has 1 N–H and O–H groups in total. The lowest BCUT2D eigenvalue weighted by Gasteiger charge is -2.33. The third-order valence-electron chi connectivity index (χ3n) is 5.89. The zero-order valence-corrected chi connectivity index (χ0v) is 22.0. The summed E-state index contributed by atoms with van der Waals surface area (Å²) >= 11 is 0. The van der Waals surface area contributed by atoms with Crippen LogP contribution >= 0.6 is 0 Å². The molecule has 0 aliphatic rings. The highest BCUT2D eigenvalue weighted by molar-refractivity contribution is 7.92. The maximum absolute atomic E-state index is 13.8. The van der Waals surface area contributed by atoms with E-state index in [2.05, 4.69) is 5.32 Å². The van der Waals surface area contributed by atoms with Crippen molar-refractivity contribution in [2.24, 2.45) is 0 Å². The maximum atomic E-state index is 13.8. The van der Waals surface area contributed by atoms with Gasteiger partial charge in [0.25, 0.3) is 0 Å². The highest BCUT2D eigenvalue weighted by Gasteiger charge is 2.32. The topological polar surface area (TPSA) is 86.8 Å². The lowest BCUT2D eigenvalue weighted by molar-refractivity contribution is -0.139. The molecule has 0 bridgehead atoms. The molecule has 0 fully saturated rings. The summed E-state index contributed by atoms with van der Waals surface area (Å²) in [5, 5.41) is 2.67. The van der Waals surface area contributed by atoms with Gasteiger partial charge in [-0.3, -0.25) is 13.9 Å². The van der Waals surface area contributed by atoms with Crippen LogP contribution in [0.3, 0.4) is 0 Å². The predicted molar refractivity (Wildman–Crippen MR) is 143 cm³/mol. The molecular formula is C28H33N3O4S. The predicted octanol–water partition coefficient (Wildman–Crippen LogP) is 3.46. The van der Waals surface area contributed by atoms with Crippen molar-refractivity contribution < 1.29 is 18.0 Å². The van der Waals surface area contributed by atoms with Gasteiger partial charge in [-0.2, -0.15) is 0 Å². The van der Waals surface area contributed by atoms with E-state index in [-0.39, 0.29) is 12.5 Å². The molecule has 7 nitrogen and oxygen atoms in total. The highest BCUT2D eigenvalue weighted by atomic mass is 32.2. The molecule has 36 heavy (non-hydrogen) atoms. The fourth-order valence-corrected chi connectivity index (χ4v) is 5.04. The number of sulfonamides is 1. The number of amides is 2. The minimum atomic E-state index is -3.78. The van der Waals surface area contributed by atoms with Gasteiger partial charge in [0.1, 0.15) is 12.6 Å². The molecule has 0 aliphatic heterocycles.